The zero-order chi connectivity index (χ0) is 19.1. The van der Waals surface area contributed by atoms with Crippen LogP contribution in [0.15, 0.2) is 6.33 Å². The van der Waals surface area contributed by atoms with Gasteiger partial charge in [-0.25, -0.2) is 4.98 Å². The Morgan fingerprint density at radius 3 is 2.75 bits per heavy atom. The molecule has 0 aromatic carbocycles. The van der Waals surface area contributed by atoms with E-state index in [9.17, 15) is 4.79 Å². The van der Waals surface area contributed by atoms with E-state index in [-0.39, 0.29) is 17.8 Å². The number of imidazole rings is 1. The number of amides is 1. The van der Waals surface area contributed by atoms with E-state index in [0.717, 1.165) is 76.0 Å². The normalized spacial score (nSPS) is 24.6. The third-order valence-electron chi connectivity index (χ3n) is 6.31. The van der Waals surface area contributed by atoms with Gasteiger partial charge in [0.15, 0.2) is 11.5 Å². The Hall–Kier alpha value is -2.42. The third-order valence-corrected chi connectivity index (χ3v) is 6.31. The molecule has 2 aromatic heterocycles. The maximum atomic E-state index is 12.5. The number of aromatic amines is 1. The van der Waals surface area contributed by atoms with Crippen molar-refractivity contribution in [3.8, 4) is 0 Å². The van der Waals surface area contributed by atoms with Crippen molar-refractivity contribution >= 4 is 28.8 Å². The fraction of sp³-hybridized carbons (Fsp3) is 0.684. The van der Waals surface area contributed by atoms with Crippen LogP contribution in [0.5, 0.6) is 0 Å². The lowest BCUT2D eigenvalue weighted by atomic mass is 9.93. The summed E-state index contributed by atoms with van der Waals surface area (Å²) in [6.45, 7) is 3.84. The van der Waals surface area contributed by atoms with Crippen LogP contribution in [0.1, 0.15) is 38.5 Å². The van der Waals surface area contributed by atoms with Crippen molar-refractivity contribution in [2.24, 2.45) is 5.92 Å². The van der Waals surface area contributed by atoms with Crippen molar-refractivity contribution in [2.75, 3.05) is 36.8 Å². The first-order valence-corrected chi connectivity index (χ1v) is 10.4. The molecule has 2 saturated heterocycles. The number of nitrogens with two attached hydrogens (primary N) is 1. The molecule has 1 saturated carbocycles. The van der Waals surface area contributed by atoms with Gasteiger partial charge in [-0.05, 0) is 45.1 Å². The van der Waals surface area contributed by atoms with Crippen molar-refractivity contribution in [2.45, 2.75) is 50.6 Å². The van der Waals surface area contributed by atoms with Crippen molar-refractivity contribution in [3.63, 3.8) is 0 Å². The molecule has 0 radical (unpaired) electrons. The standard InChI is InChI=1S/C19H28N8O/c20-19-24-16-15(21-11-22-16)17(25-19)26-8-5-14(6-9-26)27-7-1-2-12(10-27)18(28)23-13-3-4-13/h11-14H,1-10H2,(H,23,28)(H3,20,21,22,24,25)/t12-/m0/s1. The SMILES string of the molecule is Nc1nc(N2CCC(N3CCC[C@H](C(=O)NC4CC4)C3)CC2)c2[nH]cnc2n1. The number of nitrogens with zero attached hydrogens (tertiary/aromatic N) is 5. The molecule has 4 N–H and O–H groups in total. The van der Waals surface area contributed by atoms with Crippen LogP contribution in [0.3, 0.4) is 0 Å². The molecule has 3 aliphatic rings. The number of carbonyl (C=O) groups is 1. The summed E-state index contributed by atoms with van der Waals surface area (Å²) in [6.07, 6.45) is 8.20. The monoisotopic (exact) mass is 384 g/mol. The number of likely N-dealkylation sites (tertiary alicyclic amines) is 1. The maximum Gasteiger partial charge on any atom is 0.224 e. The van der Waals surface area contributed by atoms with Crippen molar-refractivity contribution in [3.05, 3.63) is 6.33 Å². The summed E-state index contributed by atoms with van der Waals surface area (Å²) >= 11 is 0. The summed E-state index contributed by atoms with van der Waals surface area (Å²) in [5, 5.41) is 3.19. The Balaban J connectivity index is 1.21. The van der Waals surface area contributed by atoms with Gasteiger partial charge < -0.3 is 20.9 Å². The van der Waals surface area contributed by atoms with Crippen molar-refractivity contribution in [1.29, 1.82) is 0 Å². The van der Waals surface area contributed by atoms with Gasteiger partial charge in [-0.3, -0.25) is 9.69 Å². The summed E-state index contributed by atoms with van der Waals surface area (Å²) in [7, 11) is 0. The van der Waals surface area contributed by atoms with E-state index in [1.165, 1.54) is 0 Å². The first-order valence-electron chi connectivity index (χ1n) is 10.4. The minimum Gasteiger partial charge on any atom is -0.368 e. The highest BCUT2D eigenvalue weighted by molar-refractivity contribution is 5.84. The van der Waals surface area contributed by atoms with Crippen LogP contribution in [0, 0.1) is 5.92 Å². The molecule has 1 aliphatic carbocycles. The molecule has 0 unspecified atom stereocenters. The van der Waals surface area contributed by atoms with Crippen LogP contribution in [-0.2, 0) is 4.79 Å². The summed E-state index contributed by atoms with van der Waals surface area (Å²) in [5.41, 5.74) is 7.33. The minimum atomic E-state index is 0.152. The molecule has 150 valence electrons. The molecule has 0 spiro atoms. The lowest BCUT2D eigenvalue weighted by Crippen LogP contribution is -2.51. The van der Waals surface area contributed by atoms with Crippen LogP contribution in [-0.4, -0.2) is 69.0 Å². The van der Waals surface area contributed by atoms with Crippen molar-refractivity contribution < 1.29 is 4.79 Å². The number of carbonyl (C=O) groups excluding carboxylic acids is 1. The highest BCUT2D eigenvalue weighted by Gasteiger charge is 2.34. The first kappa shape index (κ1) is 17.7. The molecule has 28 heavy (non-hydrogen) atoms. The third kappa shape index (κ3) is 3.50. The number of fused-ring (bicyclic) bond motifs is 1. The summed E-state index contributed by atoms with van der Waals surface area (Å²) < 4.78 is 0. The predicted molar refractivity (Wildman–Crippen MR) is 107 cm³/mol. The zero-order valence-electron chi connectivity index (χ0n) is 16.1. The molecule has 1 amide bonds. The smallest absolute Gasteiger partial charge is 0.224 e. The van der Waals surface area contributed by atoms with Gasteiger partial charge in [0.1, 0.15) is 5.52 Å². The van der Waals surface area contributed by atoms with Crippen LogP contribution in [0.4, 0.5) is 11.8 Å². The van der Waals surface area contributed by atoms with Crippen molar-refractivity contribution in [1.82, 2.24) is 30.2 Å². The quantitative estimate of drug-likeness (QED) is 0.717. The number of aromatic nitrogens is 4. The lowest BCUT2D eigenvalue weighted by molar-refractivity contribution is -0.127. The van der Waals surface area contributed by atoms with Gasteiger partial charge in [-0.1, -0.05) is 0 Å². The van der Waals surface area contributed by atoms with Gasteiger partial charge in [-0.2, -0.15) is 9.97 Å². The Morgan fingerprint density at radius 2 is 1.96 bits per heavy atom. The second-order valence-corrected chi connectivity index (χ2v) is 8.34. The molecular weight excluding hydrogens is 356 g/mol. The average Bonchev–Trinajstić information content (AvgIpc) is 3.41. The summed E-state index contributed by atoms with van der Waals surface area (Å²) in [5.74, 6) is 1.53. The average molecular weight is 384 g/mol. The molecule has 2 aliphatic heterocycles. The molecule has 9 heteroatoms. The van der Waals surface area contributed by atoms with E-state index in [2.05, 4.69) is 35.1 Å². The summed E-state index contributed by atoms with van der Waals surface area (Å²) in [6, 6.07) is 0.981. The number of nitrogens with one attached hydrogen (secondary N) is 2. The highest BCUT2D eigenvalue weighted by atomic mass is 16.2. The number of rotatable bonds is 4. The fourth-order valence-corrected chi connectivity index (χ4v) is 4.60. The van der Waals surface area contributed by atoms with E-state index < -0.39 is 0 Å². The summed E-state index contributed by atoms with van der Waals surface area (Å²) in [4.78, 5) is 33.3. The number of nitrogen functional groups attached to an aromatic ring is 1. The number of hydrogen-bond acceptors (Lipinski definition) is 7. The van der Waals surface area contributed by atoms with Crippen LogP contribution in [0.25, 0.3) is 11.2 Å². The number of hydrogen-bond donors (Lipinski definition) is 3. The second kappa shape index (κ2) is 7.20. The fourth-order valence-electron chi connectivity index (χ4n) is 4.60. The molecule has 4 heterocycles. The minimum absolute atomic E-state index is 0.152. The lowest BCUT2D eigenvalue weighted by Gasteiger charge is -2.42. The Morgan fingerprint density at radius 1 is 1.14 bits per heavy atom. The zero-order valence-corrected chi connectivity index (χ0v) is 16.1. The topological polar surface area (TPSA) is 116 Å². The number of anilines is 2. The molecule has 9 nitrogen and oxygen atoms in total. The molecule has 3 fully saturated rings. The number of H-pyrrole nitrogens is 1. The van der Waals surface area contributed by atoms with E-state index >= 15 is 0 Å². The largest absolute Gasteiger partial charge is 0.368 e. The highest BCUT2D eigenvalue weighted by Crippen LogP contribution is 2.29. The number of piperidine rings is 2. The van der Waals surface area contributed by atoms with E-state index in [4.69, 9.17) is 5.73 Å². The van der Waals surface area contributed by atoms with Crippen LogP contribution >= 0.6 is 0 Å². The van der Waals surface area contributed by atoms with Gasteiger partial charge in [0.05, 0.1) is 12.2 Å². The van der Waals surface area contributed by atoms with Gasteiger partial charge in [0.25, 0.3) is 0 Å². The Labute approximate surface area is 164 Å². The molecular formula is C19H28N8O. The van der Waals surface area contributed by atoms with Gasteiger partial charge in [-0.15, -0.1) is 0 Å². The second-order valence-electron chi connectivity index (χ2n) is 8.34. The Bertz CT molecular complexity index is 855. The molecule has 5 rings (SSSR count). The van der Waals surface area contributed by atoms with Gasteiger partial charge in [0.2, 0.25) is 11.9 Å². The predicted octanol–water partition coefficient (Wildman–Crippen LogP) is 0.895. The Kier molecular flexibility index (Phi) is 4.54. The van der Waals surface area contributed by atoms with Gasteiger partial charge in [0, 0.05) is 31.7 Å². The van der Waals surface area contributed by atoms with E-state index in [1.807, 2.05) is 0 Å². The molecule has 1 atom stereocenters. The van der Waals surface area contributed by atoms with Crippen LogP contribution in [0.2, 0.25) is 0 Å². The van der Waals surface area contributed by atoms with Gasteiger partial charge >= 0.3 is 0 Å². The molecule has 0 bridgehead atoms. The van der Waals surface area contributed by atoms with E-state index in [1.54, 1.807) is 6.33 Å². The molecule has 2 aromatic rings. The maximum absolute atomic E-state index is 12.5. The van der Waals surface area contributed by atoms with Crippen LogP contribution < -0.4 is 16.0 Å². The first-order chi connectivity index (χ1) is 13.7. The van der Waals surface area contributed by atoms with E-state index in [0.29, 0.717) is 17.7 Å².